The summed E-state index contributed by atoms with van der Waals surface area (Å²) < 4.78 is 24.5. The van der Waals surface area contributed by atoms with Gasteiger partial charge in [-0.15, -0.1) is 0 Å². The molecule has 1 aliphatic heterocycles. The van der Waals surface area contributed by atoms with Gasteiger partial charge in [0.2, 0.25) is 5.95 Å². The molecule has 1 N–H and O–H groups in total. The van der Waals surface area contributed by atoms with E-state index >= 15 is 0 Å². The van der Waals surface area contributed by atoms with Crippen LogP contribution in [-0.4, -0.2) is 36.1 Å². The van der Waals surface area contributed by atoms with Gasteiger partial charge in [0.25, 0.3) is 6.43 Å². The van der Waals surface area contributed by atoms with Gasteiger partial charge in [-0.1, -0.05) is 0 Å². The summed E-state index contributed by atoms with van der Waals surface area (Å²) in [5.41, 5.74) is -0.131. The molecule has 1 saturated heterocycles. The van der Waals surface area contributed by atoms with Gasteiger partial charge in [-0.05, 0) is 0 Å². The van der Waals surface area contributed by atoms with Crippen LogP contribution in [0.1, 0.15) is 12.0 Å². The molecule has 6 heteroatoms. The Kier molecular flexibility index (Phi) is 3.05. The number of piperazine rings is 1. The lowest BCUT2D eigenvalue weighted by Gasteiger charge is -2.27. The van der Waals surface area contributed by atoms with Gasteiger partial charge < -0.3 is 10.2 Å². The quantitative estimate of drug-likeness (QED) is 0.791. The average molecular weight is 214 g/mol. The Morgan fingerprint density at radius 3 is 2.33 bits per heavy atom. The molecule has 0 bridgehead atoms. The number of alkyl halides is 2. The lowest BCUT2D eigenvalue weighted by molar-refractivity contribution is 0.150. The molecule has 1 aromatic rings. The highest BCUT2D eigenvalue weighted by Crippen LogP contribution is 2.17. The van der Waals surface area contributed by atoms with Gasteiger partial charge in [-0.25, -0.2) is 18.7 Å². The number of nitrogens with zero attached hydrogens (tertiary/aromatic N) is 3. The number of hydrogen-bond donors (Lipinski definition) is 1. The Labute approximate surface area is 86.3 Å². The van der Waals surface area contributed by atoms with Crippen LogP contribution in [-0.2, 0) is 0 Å². The highest BCUT2D eigenvalue weighted by molar-refractivity contribution is 5.30. The summed E-state index contributed by atoms with van der Waals surface area (Å²) in [5.74, 6) is 0.529. The number of nitrogens with one attached hydrogen (secondary N) is 1. The molecule has 1 fully saturated rings. The van der Waals surface area contributed by atoms with Crippen molar-refractivity contribution in [1.29, 1.82) is 0 Å². The SMILES string of the molecule is FC(F)c1cnc(N2CCNCC2)nc1. The van der Waals surface area contributed by atoms with Crippen LogP contribution in [0.5, 0.6) is 0 Å². The van der Waals surface area contributed by atoms with Crippen LogP contribution >= 0.6 is 0 Å². The minimum atomic E-state index is -2.50. The molecule has 0 radical (unpaired) electrons. The standard InChI is InChI=1S/C9H12F2N4/c10-8(11)7-5-13-9(14-6-7)15-3-1-12-2-4-15/h5-6,8,12H,1-4H2. The van der Waals surface area contributed by atoms with E-state index in [4.69, 9.17) is 0 Å². The summed E-state index contributed by atoms with van der Waals surface area (Å²) in [5, 5.41) is 3.20. The molecule has 0 aliphatic carbocycles. The minimum absolute atomic E-state index is 0.131. The molecule has 0 aromatic carbocycles. The molecule has 0 unspecified atom stereocenters. The molecule has 2 rings (SSSR count). The van der Waals surface area contributed by atoms with Crippen molar-refractivity contribution < 1.29 is 8.78 Å². The van der Waals surface area contributed by atoms with Crippen molar-refractivity contribution in [2.75, 3.05) is 31.1 Å². The maximum absolute atomic E-state index is 12.2. The molecule has 2 heterocycles. The fourth-order valence-electron chi connectivity index (χ4n) is 1.47. The zero-order chi connectivity index (χ0) is 10.7. The molecule has 0 spiro atoms. The fourth-order valence-corrected chi connectivity index (χ4v) is 1.47. The van der Waals surface area contributed by atoms with Crippen molar-refractivity contribution in [3.63, 3.8) is 0 Å². The third-order valence-corrected chi connectivity index (χ3v) is 2.31. The molecular formula is C9H12F2N4. The lowest BCUT2D eigenvalue weighted by atomic mass is 10.3. The topological polar surface area (TPSA) is 41.1 Å². The summed E-state index contributed by atoms with van der Waals surface area (Å²) in [6.07, 6.45) is -0.119. The zero-order valence-electron chi connectivity index (χ0n) is 8.16. The molecule has 1 aromatic heterocycles. The van der Waals surface area contributed by atoms with Crippen LogP contribution in [0, 0.1) is 0 Å². The maximum Gasteiger partial charge on any atom is 0.266 e. The van der Waals surface area contributed by atoms with Crippen LogP contribution in [0.4, 0.5) is 14.7 Å². The predicted octanol–water partition coefficient (Wildman–Crippen LogP) is 0.824. The van der Waals surface area contributed by atoms with Gasteiger partial charge in [0, 0.05) is 38.6 Å². The van der Waals surface area contributed by atoms with Gasteiger partial charge in [0.1, 0.15) is 0 Å². The molecular weight excluding hydrogens is 202 g/mol. The molecule has 4 nitrogen and oxygen atoms in total. The Hall–Kier alpha value is -1.30. The molecule has 1 aliphatic rings. The summed E-state index contributed by atoms with van der Waals surface area (Å²) in [4.78, 5) is 9.84. The van der Waals surface area contributed by atoms with E-state index in [9.17, 15) is 8.78 Å². The third-order valence-electron chi connectivity index (χ3n) is 2.31. The number of rotatable bonds is 2. The molecule has 82 valence electrons. The average Bonchev–Trinajstić information content (AvgIpc) is 2.30. The van der Waals surface area contributed by atoms with Crippen molar-refractivity contribution >= 4 is 5.95 Å². The number of hydrogen-bond acceptors (Lipinski definition) is 4. The third kappa shape index (κ3) is 2.38. The summed E-state index contributed by atoms with van der Waals surface area (Å²) in [6, 6.07) is 0. The van der Waals surface area contributed by atoms with E-state index in [2.05, 4.69) is 15.3 Å². The largest absolute Gasteiger partial charge is 0.338 e. The minimum Gasteiger partial charge on any atom is -0.338 e. The molecule has 0 saturated carbocycles. The first-order valence-electron chi connectivity index (χ1n) is 4.83. The van der Waals surface area contributed by atoms with Crippen LogP contribution < -0.4 is 10.2 Å². The van der Waals surface area contributed by atoms with Crippen molar-refractivity contribution in [3.05, 3.63) is 18.0 Å². The Morgan fingerprint density at radius 1 is 1.20 bits per heavy atom. The second-order valence-electron chi connectivity index (χ2n) is 3.35. The summed E-state index contributed by atoms with van der Waals surface area (Å²) in [6.45, 7) is 3.38. The van der Waals surface area contributed by atoms with Crippen LogP contribution in [0.15, 0.2) is 12.4 Å². The fraction of sp³-hybridized carbons (Fsp3) is 0.556. The van der Waals surface area contributed by atoms with Gasteiger partial charge in [0.05, 0.1) is 5.56 Å². The monoisotopic (exact) mass is 214 g/mol. The van der Waals surface area contributed by atoms with Gasteiger partial charge >= 0.3 is 0 Å². The van der Waals surface area contributed by atoms with E-state index in [1.54, 1.807) is 0 Å². The first kappa shape index (κ1) is 10.2. The van der Waals surface area contributed by atoms with Crippen LogP contribution in [0.2, 0.25) is 0 Å². The van der Waals surface area contributed by atoms with E-state index in [1.165, 1.54) is 12.4 Å². The second-order valence-corrected chi connectivity index (χ2v) is 3.35. The van der Waals surface area contributed by atoms with Gasteiger partial charge in [-0.2, -0.15) is 0 Å². The lowest BCUT2D eigenvalue weighted by Crippen LogP contribution is -2.44. The van der Waals surface area contributed by atoms with E-state index in [1.807, 2.05) is 4.90 Å². The van der Waals surface area contributed by atoms with Gasteiger partial charge in [0.15, 0.2) is 0 Å². The smallest absolute Gasteiger partial charge is 0.266 e. The number of halogens is 2. The first-order chi connectivity index (χ1) is 7.27. The second kappa shape index (κ2) is 4.48. The van der Waals surface area contributed by atoms with Crippen molar-refractivity contribution in [1.82, 2.24) is 15.3 Å². The Morgan fingerprint density at radius 2 is 1.80 bits per heavy atom. The predicted molar refractivity (Wildman–Crippen MR) is 52.1 cm³/mol. The van der Waals surface area contributed by atoms with Crippen LogP contribution in [0.3, 0.4) is 0 Å². The summed E-state index contributed by atoms with van der Waals surface area (Å²) in [7, 11) is 0. The molecule has 0 atom stereocenters. The Balaban J connectivity index is 2.08. The van der Waals surface area contributed by atoms with E-state index in [0.29, 0.717) is 5.95 Å². The summed E-state index contributed by atoms with van der Waals surface area (Å²) >= 11 is 0. The van der Waals surface area contributed by atoms with E-state index < -0.39 is 6.43 Å². The zero-order valence-corrected chi connectivity index (χ0v) is 8.16. The van der Waals surface area contributed by atoms with Crippen molar-refractivity contribution in [2.45, 2.75) is 6.43 Å². The van der Waals surface area contributed by atoms with Gasteiger partial charge in [-0.3, -0.25) is 0 Å². The van der Waals surface area contributed by atoms with E-state index in [0.717, 1.165) is 26.2 Å². The number of aromatic nitrogens is 2. The molecule has 0 amide bonds. The Bertz CT molecular complexity index is 308. The van der Waals surface area contributed by atoms with Crippen molar-refractivity contribution in [3.8, 4) is 0 Å². The van der Waals surface area contributed by atoms with Crippen molar-refractivity contribution in [2.24, 2.45) is 0 Å². The maximum atomic E-state index is 12.2. The number of anilines is 1. The highest BCUT2D eigenvalue weighted by atomic mass is 19.3. The normalized spacial score (nSPS) is 17.1. The molecule has 15 heavy (non-hydrogen) atoms. The van der Waals surface area contributed by atoms with Crippen LogP contribution in [0.25, 0.3) is 0 Å². The highest BCUT2D eigenvalue weighted by Gasteiger charge is 2.14. The van der Waals surface area contributed by atoms with E-state index in [-0.39, 0.29) is 5.56 Å². The first-order valence-corrected chi connectivity index (χ1v) is 4.83.